The third-order valence-corrected chi connectivity index (χ3v) is 5.49. The van der Waals surface area contributed by atoms with Crippen molar-refractivity contribution in [1.82, 2.24) is 4.90 Å². The summed E-state index contributed by atoms with van der Waals surface area (Å²) in [5.74, 6) is 1.49. The van der Waals surface area contributed by atoms with E-state index in [0.29, 0.717) is 5.92 Å². The highest BCUT2D eigenvalue weighted by atomic mass is 15.1. The van der Waals surface area contributed by atoms with Gasteiger partial charge in [0, 0.05) is 6.54 Å². The third kappa shape index (κ3) is 4.46. The number of likely N-dealkylation sites (tertiary alicyclic amines) is 1. The molecule has 2 aliphatic rings. The molecule has 2 rings (SSSR count). The van der Waals surface area contributed by atoms with Crippen molar-refractivity contribution in [2.24, 2.45) is 23.0 Å². The van der Waals surface area contributed by atoms with E-state index in [2.05, 4.69) is 18.7 Å². The van der Waals surface area contributed by atoms with E-state index >= 15 is 0 Å². The summed E-state index contributed by atoms with van der Waals surface area (Å²) in [5, 5.41) is 0. The Kier molecular flexibility index (Phi) is 5.70. The van der Waals surface area contributed by atoms with Gasteiger partial charge in [0.2, 0.25) is 0 Å². The molecule has 1 saturated carbocycles. The molecule has 2 nitrogen and oxygen atoms in total. The number of rotatable bonds is 5. The first-order valence-electron chi connectivity index (χ1n) is 8.56. The number of hydrogen-bond acceptors (Lipinski definition) is 2. The van der Waals surface area contributed by atoms with E-state index in [1.165, 1.54) is 71.0 Å². The lowest BCUT2D eigenvalue weighted by molar-refractivity contribution is 0.0585. The summed E-state index contributed by atoms with van der Waals surface area (Å²) in [6.07, 6.45) is 11.7. The van der Waals surface area contributed by atoms with Crippen LogP contribution >= 0.6 is 0 Å². The zero-order valence-electron chi connectivity index (χ0n) is 13.2. The van der Waals surface area contributed by atoms with Crippen LogP contribution in [0.5, 0.6) is 0 Å². The van der Waals surface area contributed by atoms with Crippen LogP contribution in [0, 0.1) is 17.3 Å². The molecule has 1 aliphatic carbocycles. The van der Waals surface area contributed by atoms with Crippen molar-refractivity contribution < 1.29 is 0 Å². The maximum atomic E-state index is 5.95. The van der Waals surface area contributed by atoms with Crippen LogP contribution in [0.1, 0.15) is 65.2 Å². The topological polar surface area (TPSA) is 29.3 Å². The second-order valence-corrected chi connectivity index (χ2v) is 7.59. The van der Waals surface area contributed by atoms with E-state index in [9.17, 15) is 0 Å². The molecule has 2 N–H and O–H groups in total. The van der Waals surface area contributed by atoms with Crippen LogP contribution in [0.25, 0.3) is 0 Å². The Morgan fingerprint density at radius 2 is 1.63 bits per heavy atom. The van der Waals surface area contributed by atoms with Crippen LogP contribution in [-0.4, -0.2) is 31.1 Å². The Labute approximate surface area is 120 Å². The SMILES string of the molecule is CC(C)CC(CN)CN1CCC2(CCCCC2)CC1. The van der Waals surface area contributed by atoms with Gasteiger partial charge in [-0.2, -0.15) is 0 Å². The van der Waals surface area contributed by atoms with Crippen LogP contribution in [0.4, 0.5) is 0 Å². The Bertz CT molecular complexity index is 246. The molecule has 0 aromatic carbocycles. The summed E-state index contributed by atoms with van der Waals surface area (Å²) >= 11 is 0. The molecule has 1 aliphatic heterocycles. The van der Waals surface area contributed by atoms with Crippen molar-refractivity contribution in [2.45, 2.75) is 65.2 Å². The van der Waals surface area contributed by atoms with Crippen LogP contribution in [0.3, 0.4) is 0 Å². The fraction of sp³-hybridized carbons (Fsp3) is 1.00. The molecule has 0 radical (unpaired) electrons. The standard InChI is InChI=1S/C17H34N2/c1-15(2)12-16(13-18)14-19-10-8-17(9-11-19)6-4-3-5-7-17/h15-16H,3-14,18H2,1-2H3. The minimum absolute atomic E-state index is 0.709. The molecule has 112 valence electrons. The largest absolute Gasteiger partial charge is 0.330 e. The average Bonchev–Trinajstić information content (AvgIpc) is 2.41. The highest BCUT2D eigenvalue weighted by molar-refractivity contribution is 4.88. The molecular formula is C17H34N2. The molecule has 0 aromatic heterocycles. The predicted octanol–water partition coefficient (Wildman–Crippen LogP) is 3.65. The van der Waals surface area contributed by atoms with Crippen LogP contribution in [0.2, 0.25) is 0 Å². The van der Waals surface area contributed by atoms with E-state index < -0.39 is 0 Å². The summed E-state index contributed by atoms with van der Waals surface area (Å²) in [5.41, 5.74) is 6.69. The maximum absolute atomic E-state index is 5.95. The molecule has 1 saturated heterocycles. The smallest absolute Gasteiger partial charge is 0.00218 e. The van der Waals surface area contributed by atoms with Gasteiger partial charge in [0.25, 0.3) is 0 Å². The van der Waals surface area contributed by atoms with Gasteiger partial charge in [-0.15, -0.1) is 0 Å². The van der Waals surface area contributed by atoms with E-state index in [1.807, 2.05) is 0 Å². The van der Waals surface area contributed by atoms with Crippen molar-refractivity contribution in [2.75, 3.05) is 26.2 Å². The van der Waals surface area contributed by atoms with Crippen molar-refractivity contribution in [3.8, 4) is 0 Å². The van der Waals surface area contributed by atoms with Gasteiger partial charge in [0.15, 0.2) is 0 Å². The highest BCUT2D eigenvalue weighted by Gasteiger charge is 2.35. The molecule has 2 heteroatoms. The Morgan fingerprint density at radius 1 is 1.00 bits per heavy atom. The maximum Gasteiger partial charge on any atom is 0.00218 e. The number of nitrogens with zero attached hydrogens (tertiary/aromatic N) is 1. The molecule has 2 fully saturated rings. The summed E-state index contributed by atoms with van der Waals surface area (Å²) in [6, 6.07) is 0. The highest BCUT2D eigenvalue weighted by Crippen LogP contribution is 2.44. The van der Waals surface area contributed by atoms with Gasteiger partial charge in [0.1, 0.15) is 0 Å². The second-order valence-electron chi connectivity index (χ2n) is 7.59. The lowest BCUT2D eigenvalue weighted by Crippen LogP contribution is -2.44. The van der Waals surface area contributed by atoms with E-state index in [1.54, 1.807) is 0 Å². The van der Waals surface area contributed by atoms with Gasteiger partial charge in [0.05, 0.1) is 0 Å². The van der Waals surface area contributed by atoms with E-state index in [0.717, 1.165) is 17.9 Å². The number of piperidine rings is 1. The molecule has 0 bridgehead atoms. The zero-order chi connectivity index (χ0) is 13.7. The fourth-order valence-corrected chi connectivity index (χ4v) is 4.29. The van der Waals surface area contributed by atoms with Crippen LogP contribution in [-0.2, 0) is 0 Å². The first kappa shape index (κ1) is 15.3. The second kappa shape index (κ2) is 7.08. The molecule has 1 atom stereocenters. The predicted molar refractivity (Wildman–Crippen MR) is 83.2 cm³/mol. The minimum atomic E-state index is 0.709. The first-order chi connectivity index (χ1) is 9.13. The molecule has 1 heterocycles. The van der Waals surface area contributed by atoms with Gasteiger partial charge < -0.3 is 10.6 Å². The Balaban J connectivity index is 1.76. The lowest BCUT2D eigenvalue weighted by atomic mass is 9.68. The van der Waals surface area contributed by atoms with Crippen molar-refractivity contribution in [3.63, 3.8) is 0 Å². The summed E-state index contributed by atoms with van der Waals surface area (Å²) in [6.45, 7) is 9.39. The minimum Gasteiger partial charge on any atom is -0.330 e. The quantitative estimate of drug-likeness (QED) is 0.823. The normalized spacial score (nSPS) is 25.9. The molecule has 0 aromatic rings. The van der Waals surface area contributed by atoms with Gasteiger partial charge in [-0.25, -0.2) is 0 Å². The molecular weight excluding hydrogens is 232 g/mol. The molecule has 19 heavy (non-hydrogen) atoms. The average molecular weight is 266 g/mol. The number of nitrogens with two attached hydrogens (primary N) is 1. The number of hydrogen-bond donors (Lipinski definition) is 1. The van der Waals surface area contributed by atoms with Crippen molar-refractivity contribution in [1.29, 1.82) is 0 Å². The van der Waals surface area contributed by atoms with Gasteiger partial charge >= 0.3 is 0 Å². The monoisotopic (exact) mass is 266 g/mol. The van der Waals surface area contributed by atoms with Crippen molar-refractivity contribution in [3.05, 3.63) is 0 Å². The Hall–Kier alpha value is -0.0800. The van der Waals surface area contributed by atoms with Gasteiger partial charge in [-0.05, 0) is 69.0 Å². The summed E-state index contributed by atoms with van der Waals surface area (Å²) < 4.78 is 0. The lowest BCUT2D eigenvalue weighted by Gasteiger charge is -2.45. The van der Waals surface area contributed by atoms with Gasteiger partial charge in [-0.1, -0.05) is 33.1 Å². The Morgan fingerprint density at radius 3 is 2.16 bits per heavy atom. The molecule has 1 unspecified atom stereocenters. The molecule has 1 spiro atoms. The van der Waals surface area contributed by atoms with E-state index in [-0.39, 0.29) is 0 Å². The van der Waals surface area contributed by atoms with Gasteiger partial charge in [-0.3, -0.25) is 0 Å². The summed E-state index contributed by atoms with van der Waals surface area (Å²) in [7, 11) is 0. The van der Waals surface area contributed by atoms with Crippen LogP contribution < -0.4 is 5.73 Å². The van der Waals surface area contributed by atoms with E-state index in [4.69, 9.17) is 5.73 Å². The molecule has 0 amide bonds. The first-order valence-corrected chi connectivity index (χ1v) is 8.56. The van der Waals surface area contributed by atoms with Crippen molar-refractivity contribution >= 4 is 0 Å². The zero-order valence-corrected chi connectivity index (χ0v) is 13.2. The summed E-state index contributed by atoms with van der Waals surface area (Å²) in [4.78, 5) is 2.69. The fourth-order valence-electron chi connectivity index (χ4n) is 4.29. The third-order valence-electron chi connectivity index (χ3n) is 5.49. The van der Waals surface area contributed by atoms with Crippen LogP contribution in [0.15, 0.2) is 0 Å².